The van der Waals surface area contributed by atoms with Gasteiger partial charge in [0.2, 0.25) is 0 Å². The Morgan fingerprint density at radius 1 is 1.23 bits per heavy atom. The molecule has 0 N–H and O–H groups in total. The minimum Gasteiger partial charge on any atom is -0.453 e. The van der Waals surface area contributed by atoms with Crippen LogP contribution in [-0.4, -0.2) is 43.2 Å². The first-order valence-electron chi connectivity index (χ1n) is 8.91. The molecule has 0 aliphatic heterocycles. The van der Waals surface area contributed by atoms with Gasteiger partial charge in [-0.05, 0) is 50.8 Å². The van der Waals surface area contributed by atoms with Gasteiger partial charge in [0, 0.05) is 0 Å². The van der Waals surface area contributed by atoms with Crippen molar-refractivity contribution in [3.63, 3.8) is 0 Å². The minimum atomic E-state index is -4.82. The third-order valence-electron chi connectivity index (χ3n) is 5.11. The second-order valence-electron chi connectivity index (χ2n) is 7.66. The normalized spacial score (nSPS) is 17.8. The van der Waals surface area contributed by atoms with Crippen molar-refractivity contribution in [1.29, 1.82) is 0 Å². The predicted molar refractivity (Wildman–Crippen MR) is 90.1 cm³/mol. The molecular weight excluding hydrogens is 350 g/mol. The van der Waals surface area contributed by atoms with Crippen molar-refractivity contribution >= 4 is 5.97 Å². The first-order chi connectivity index (χ1) is 12.0. The summed E-state index contributed by atoms with van der Waals surface area (Å²) >= 11 is 0. The average Bonchev–Trinajstić information content (AvgIpc) is 2.54. The zero-order chi connectivity index (χ0) is 19.5. The monoisotopic (exact) mass is 376 g/mol. The first kappa shape index (κ1) is 20.7. The molecule has 0 radical (unpaired) electrons. The molecule has 1 aromatic carbocycles. The fourth-order valence-electron chi connectivity index (χ4n) is 3.80. The molecule has 0 spiro atoms. The lowest BCUT2D eigenvalue weighted by Gasteiger charge is -2.41. The van der Waals surface area contributed by atoms with Crippen molar-refractivity contribution in [2.24, 2.45) is 0 Å². The molecule has 1 saturated carbocycles. The summed E-state index contributed by atoms with van der Waals surface area (Å²) in [5.74, 6) is -2.12. The Labute approximate surface area is 151 Å². The molecule has 0 amide bonds. The maximum absolute atomic E-state index is 13.2. The molecule has 2 rings (SSSR count). The van der Waals surface area contributed by atoms with E-state index in [-0.39, 0.29) is 0 Å². The highest BCUT2D eigenvalue weighted by atomic mass is 19.4. The molecule has 1 atom stereocenters. The van der Waals surface area contributed by atoms with Crippen LogP contribution >= 0.6 is 0 Å². The lowest BCUT2D eigenvalue weighted by atomic mass is 9.93. The van der Waals surface area contributed by atoms with Gasteiger partial charge in [0.15, 0.2) is 0 Å². The molecule has 1 aliphatic carbocycles. The van der Waals surface area contributed by atoms with E-state index < -0.39 is 35.2 Å². The number of quaternary nitrogens is 1. The number of carbonyl (C=O) groups excluding carboxylic acids is 1. The van der Waals surface area contributed by atoms with Gasteiger partial charge in [-0.1, -0.05) is 6.42 Å². The standard InChI is InChI=1S/C19H26F4NO2/c1-13(12-24(2,3)15-7-5-4-6-8-15)26-18(25)16-10-9-14(20)11-17(16)19(21,22)23/h9-11,13,15H,4-8,12H2,1-3H3/q+1. The Morgan fingerprint density at radius 3 is 2.42 bits per heavy atom. The summed E-state index contributed by atoms with van der Waals surface area (Å²) in [6.45, 7) is 2.19. The molecular formula is C19H26F4NO2+. The van der Waals surface area contributed by atoms with Crippen LogP contribution in [0.5, 0.6) is 0 Å². The highest BCUT2D eigenvalue weighted by molar-refractivity contribution is 5.91. The molecule has 1 fully saturated rings. The summed E-state index contributed by atoms with van der Waals surface area (Å²) in [4.78, 5) is 12.2. The lowest BCUT2D eigenvalue weighted by molar-refractivity contribution is -0.918. The highest BCUT2D eigenvalue weighted by Crippen LogP contribution is 2.33. The lowest BCUT2D eigenvalue weighted by Crippen LogP contribution is -2.53. The first-order valence-corrected chi connectivity index (χ1v) is 8.91. The van der Waals surface area contributed by atoms with Crippen molar-refractivity contribution < 1.29 is 31.6 Å². The molecule has 1 unspecified atom stereocenters. The van der Waals surface area contributed by atoms with E-state index in [0.29, 0.717) is 23.1 Å². The van der Waals surface area contributed by atoms with Gasteiger partial charge in [0.1, 0.15) is 18.5 Å². The van der Waals surface area contributed by atoms with E-state index in [1.807, 2.05) is 0 Å². The van der Waals surface area contributed by atoms with E-state index in [1.165, 1.54) is 19.3 Å². The maximum atomic E-state index is 13.2. The largest absolute Gasteiger partial charge is 0.453 e. The molecule has 0 aromatic heterocycles. The minimum absolute atomic E-state index is 0.323. The van der Waals surface area contributed by atoms with E-state index in [0.717, 1.165) is 25.0 Å². The molecule has 0 saturated heterocycles. The number of halogens is 4. The summed E-state index contributed by atoms with van der Waals surface area (Å²) < 4.78 is 58.3. The molecule has 26 heavy (non-hydrogen) atoms. The molecule has 0 heterocycles. The Kier molecular flexibility index (Phi) is 6.32. The zero-order valence-corrected chi connectivity index (χ0v) is 15.4. The van der Waals surface area contributed by atoms with Crippen LogP contribution in [0.3, 0.4) is 0 Å². The van der Waals surface area contributed by atoms with Crippen LogP contribution in [-0.2, 0) is 10.9 Å². The van der Waals surface area contributed by atoms with Gasteiger partial charge >= 0.3 is 12.1 Å². The number of hydrogen-bond donors (Lipinski definition) is 0. The van der Waals surface area contributed by atoms with Crippen LogP contribution in [0, 0.1) is 5.82 Å². The Hall–Kier alpha value is -1.63. The van der Waals surface area contributed by atoms with Crippen molar-refractivity contribution in [2.45, 2.75) is 57.3 Å². The number of alkyl halides is 3. The van der Waals surface area contributed by atoms with Gasteiger partial charge in [-0.15, -0.1) is 0 Å². The van der Waals surface area contributed by atoms with Crippen molar-refractivity contribution in [1.82, 2.24) is 0 Å². The number of nitrogens with zero attached hydrogens (tertiary/aromatic N) is 1. The van der Waals surface area contributed by atoms with Crippen LogP contribution in [0.4, 0.5) is 17.6 Å². The van der Waals surface area contributed by atoms with Crippen molar-refractivity contribution in [2.75, 3.05) is 20.6 Å². The third-order valence-corrected chi connectivity index (χ3v) is 5.11. The van der Waals surface area contributed by atoms with Gasteiger partial charge in [-0.3, -0.25) is 0 Å². The summed E-state index contributed by atoms with van der Waals surface area (Å²) in [5, 5.41) is 0. The van der Waals surface area contributed by atoms with E-state index in [4.69, 9.17) is 4.74 Å². The maximum Gasteiger partial charge on any atom is 0.417 e. The number of likely N-dealkylation sites (N-methyl/N-ethyl adjacent to an activating group) is 1. The van der Waals surface area contributed by atoms with Crippen LogP contribution in [0.15, 0.2) is 18.2 Å². The fourth-order valence-corrected chi connectivity index (χ4v) is 3.80. The number of hydrogen-bond acceptors (Lipinski definition) is 2. The number of esters is 1. The SMILES string of the molecule is CC(C[N+](C)(C)C1CCCCC1)OC(=O)c1ccc(F)cc1C(F)(F)F. The highest BCUT2D eigenvalue weighted by Gasteiger charge is 2.37. The van der Waals surface area contributed by atoms with E-state index >= 15 is 0 Å². The Bertz CT molecular complexity index is 637. The quantitative estimate of drug-likeness (QED) is 0.419. The average molecular weight is 376 g/mol. The zero-order valence-electron chi connectivity index (χ0n) is 15.4. The van der Waals surface area contributed by atoms with Crippen molar-refractivity contribution in [3.8, 4) is 0 Å². The molecule has 1 aliphatic rings. The predicted octanol–water partition coefficient (Wildman–Crippen LogP) is 4.80. The molecule has 1 aromatic rings. The van der Waals surface area contributed by atoms with Crippen LogP contribution < -0.4 is 0 Å². The van der Waals surface area contributed by atoms with Crippen molar-refractivity contribution in [3.05, 3.63) is 35.1 Å². The molecule has 146 valence electrons. The summed E-state index contributed by atoms with van der Waals surface area (Å²) in [7, 11) is 4.11. The van der Waals surface area contributed by atoms with Crippen LogP contribution in [0.2, 0.25) is 0 Å². The Balaban J connectivity index is 2.07. The number of benzene rings is 1. The summed E-state index contributed by atoms with van der Waals surface area (Å²) in [6.07, 6.45) is 0.401. The van der Waals surface area contributed by atoms with Gasteiger partial charge < -0.3 is 9.22 Å². The number of ether oxygens (including phenoxy) is 1. The van der Waals surface area contributed by atoms with Crippen LogP contribution in [0.25, 0.3) is 0 Å². The number of rotatable bonds is 5. The second kappa shape index (κ2) is 7.94. The summed E-state index contributed by atoms with van der Waals surface area (Å²) in [6, 6.07) is 2.44. The molecule has 0 bridgehead atoms. The second-order valence-corrected chi connectivity index (χ2v) is 7.66. The smallest absolute Gasteiger partial charge is 0.417 e. The van der Waals surface area contributed by atoms with E-state index in [9.17, 15) is 22.4 Å². The topological polar surface area (TPSA) is 26.3 Å². The van der Waals surface area contributed by atoms with Gasteiger partial charge in [-0.2, -0.15) is 13.2 Å². The molecule has 7 heteroatoms. The van der Waals surface area contributed by atoms with Gasteiger partial charge in [0.25, 0.3) is 0 Å². The van der Waals surface area contributed by atoms with Crippen LogP contribution in [0.1, 0.15) is 54.9 Å². The van der Waals surface area contributed by atoms with Gasteiger partial charge in [0.05, 0.1) is 31.3 Å². The summed E-state index contributed by atoms with van der Waals surface area (Å²) in [5.41, 5.74) is -1.97. The number of carbonyl (C=O) groups is 1. The van der Waals surface area contributed by atoms with Gasteiger partial charge in [-0.25, -0.2) is 9.18 Å². The third kappa shape index (κ3) is 5.19. The Morgan fingerprint density at radius 2 is 1.85 bits per heavy atom. The van der Waals surface area contributed by atoms with E-state index in [1.54, 1.807) is 6.92 Å². The molecule has 3 nitrogen and oxygen atoms in total. The fraction of sp³-hybridized carbons (Fsp3) is 0.632. The van der Waals surface area contributed by atoms with E-state index in [2.05, 4.69) is 14.1 Å².